The maximum absolute atomic E-state index is 14.0. The van der Waals surface area contributed by atoms with Crippen LogP contribution in [0, 0.1) is 6.92 Å². The molecular weight excluding hydrogens is 585 g/mol. The van der Waals surface area contributed by atoms with Crippen LogP contribution in [-0.2, 0) is 21.0 Å². The number of anilines is 1. The summed E-state index contributed by atoms with van der Waals surface area (Å²) in [6, 6.07) is 9.39. The third kappa shape index (κ3) is 6.76. The molecule has 0 amide bonds. The molecule has 2 heterocycles. The van der Waals surface area contributed by atoms with Gasteiger partial charge in [0.1, 0.15) is 16.7 Å². The van der Waals surface area contributed by atoms with E-state index in [1.165, 1.54) is 48.7 Å². The molecule has 1 atom stereocenters. The first-order valence-electron chi connectivity index (χ1n) is 12.5. The Labute approximate surface area is 240 Å². The Morgan fingerprint density at radius 3 is 2.68 bits per heavy atom. The van der Waals surface area contributed by atoms with Gasteiger partial charge >= 0.3 is 12.1 Å². The minimum absolute atomic E-state index is 0.0412. The Morgan fingerprint density at radius 1 is 1.24 bits per heavy atom. The number of rotatable bonds is 9. The summed E-state index contributed by atoms with van der Waals surface area (Å²) in [6.07, 6.45) is -1.55. The summed E-state index contributed by atoms with van der Waals surface area (Å²) in [6.45, 7) is 3.32. The lowest BCUT2D eigenvalue weighted by Crippen LogP contribution is -2.44. The van der Waals surface area contributed by atoms with Crippen LogP contribution in [0.1, 0.15) is 42.0 Å². The van der Waals surface area contributed by atoms with Gasteiger partial charge in [0.05, 0.1) is 24.4 Å². The largest absolute Gasteiger partial charge is 0.486 e. The first kappa shape index (κ1) is 30.2. The second-order valence-corrected chi connectivity index (χ2v) is 11.5. The van der Waals surface area contributed by atoms with Gasteiger partial charge in [-0.1, -0.05) is 35.9 Å². The quantitative estimate of drug-likeness (QED) is 0.277. The highest BCUT2D eigenvalue weighted by Gasteiger charge is 2.37. The second kappa shape index (κ2) is 12.0. The highest BCUT2D eigenvalue weighted by Crippen LogP contribution is 2.41. The predicted molar refractivity (Wildman–Crippen MR) is 148 cm³/mol. The smallest absolute Gasteiger partial charge is 0.417 e. The van der Waals surface area contributed by atoms with Crippen LogP contribution in [0.3, 0.4) is 0 Å². The summed E-state index contributed by atoms with van der Waals surface area (Å²) in [4.78, 5) is 15.1. The summed E-state index contributed by atoms with van der Waals surface area (Å²) in [5.74, 6) is -0.990. The number of carboxylic acids is 1. The molecule has 0 aliphatic carbocycles. The number of nitrogens with zero attached hydrogens (tertiary/aromatic N) is 2. The van der Waals surface area contributed by atoms with Gasteiger partial charge in [-0.3, -0.25) is 9.10 Å². The van der Waals surface area contributed by atoms with Crippen LogP contribution in [0.4, 0.5) is 18.9 Å². The van der Waals surface area contributed by atoms with E-state index in [2.05, 4.69) is 4.98 Å². The average Bonchev–Trinajstić information content (AvgIpc) is 2.91. The molecule has 13 heteroatoms. The number of benzene rings is 2. The lowest BCUT2D eigenvalue weighted by molar-refractivity contribution is -0.138. The molecule has 0 fully saturated rings. The second-order valence-electron chi connectivity index (χ2n) is 9.22. The molecule has 218 valence electrons. The molecule has 1 N–H and O–H groups in total. The molecule has 0 saturated carbocycles. The predicted octanol–water partition coefficient (Wildman–Crippen LogP) is 6.45. The van der Waals surface area contributed by atoms with Gasteiger partial charge in [-0.15, -0.1) is 0 Å². The van der Waals surface area contributed by atoms with E-state index in [0.717, 1.165) is 10.4 Å². The van der Waals surface area contributed by atoms with Crippen molar-refractivity contribution in [3.05, 3.63) is 75.9 Å². The maximum Gasteiger partial charge on any atom is 0.417 e. The van der Waals surface area contributed by atoms with Gasteiger partial charge in [-0.05, 0) is 61.7 Å². The van der Waals surface area contributed by atoms with Gasteiger partial charge < -0.3 is 14.6 Å². The fourth-order valence-electron chi connectivity index (χ4n) is 4.31. The van der Waals surface area contributed by atoms with Crippen molar-refractivity contribution in [1.82, 2.24) is 4.98 Å². The summed E-state index contributed by atoms with van der Waals surface area (Å²) < 4.78 is 81.3. The number of aliphatic carboxylic acids is 1. The van der Waals surface area contributed by atoms with Crippen LogP contribution < -0.4 is 13.8 Å². The van der Waals surface area contributed by atoms with Gasteiger partial charge in [-0.2, -0.15) is 13.2 Å². The number of carbonyl (C=O) groups is 1. The van der Waals surface area contributed by atoms with E-state index >= 15 is 0 Å². The monoisotopic (exact) mass is 610 g/mol. The lowest BCUT2D eigenvalue weighted by atomic mass is 10.0. The van der Waals surface area contributed by atoms with Crippen LogP contribution in [-0.4, -0.2) is 43.7 Å². The summed E-state index contributed by atoms with van der Waals surface area (Å²) >= 11 is 6.07. The maximum atomic E-state index is 14.0. The highest BCUT2D eigenvalue weighted by atomic mass is 35.5. The van der Waals surface area contributed by atoms with Crippen molar-refractivity contribution >= 4 is 45.4 Å². The Kier molecular flexibility index (Phi) is 8.83. The van der Waals surface area contributed by atoms with E-state index in [-0.39, 0.29) is 58.8 Å². The van der Waals surface area contributed by atoms with Crippen LogP contribution in [0.15, 0.2) is 53.6 Å². The zero-order valence-corrected chi connectivity index (χ0v) is 23.6. The first-order chi connectivity index (χ1) is 19.3. The van der Waals surface area contributed by atoms with Crippen LogP contribution >= 0.6 is 11.6 Å². The zero-order chi connectivity index (χ0) is 29.9. The third-order valence-corrected chi connectivity index (χ3v) is 8.30. The van der Waals surface area contributed by atoms with Gasteiger partial charge in [0.2, 0.25) is 5.88 Å². The Morgan fingerprint density at radius 2 is 2.00 bits per heavy atom. The molecule has 0 radical (unpaired) electrons. The van der Waals surface area contributed by atoms with E-state index in [4.69, 9.17) is 26.2 Å². The topological polar surface area (TPSA) is 106 Å². The number of sulfonamides is 1. The number of fused-ring (bicyclic) bond motifs is 1. The van der Waals surface area contributed by atoms with Crippen LogP contribution in [0.5, 0.6) is 11.6 Å². The number of alkyl halides is 3. The standard InChI is InChI=1S/C28H26ClF3N2O6S/c1-3-39-27-25(13-17(2)15-33-27)41(37,38)34-16-19(9-12-26(35)36)40-24-11-8-18(14-23(24)34)7-10-20-21(28(30,31)32)5-4-6-22(20)29/h4-8,10-11,13-15,19H,3,9,12,16H2,1-2H3,(H,35,36)/b10-7+/t19-/m0/s1. The Balaban J connectivity index is 1.80. The number of hydrogen-bond acceptors (Lipinski definition) is 6. The normalized spacial score (nSPS) is 15.5. The fraction of sp³-hybridized carbons (Fsp3) is 0.286. The number of halogens is 4. The van der Waals surface area contributed by atoms with Crippen molar-refractivity contribution in [2.45, 2.75) is 43.9 Å². The van der Waals surface area contributed by atoms with E-state index in [9.17, 15) is 26.4 Å². The molecule has 1 aromatic heterocycles. The Bertz CT molecular complexity index is 1590. The lowest BCUT2D eigenvalue weighted by Gasteiger charge is -2.35. The van der Waals surface area contributed by atoms with Crippen molar-refractivity contribution in [1.29, 1.82) is 0 Å². The van der Waals surface area contributed by atoms with Gasteiger partial charge in [0, 0.05) is 23.2 Å². The summed E-state index contributed by atoms with van der Waals surface area (Å²) in [5, 5.41) is 9.05. The number of carboxylic acid groups (broad SMARTS) is 1. The molecule has 4 rings (SSSR count). The van der Waals surface area contributed by atoms with Crippen molar-refractivity contribution in [2.24, 2.45) is 0 Å². The minimum Gasteiger partial charge on any atom is -0.486 e. The summed E-state index contributed by atoms with van der Waals surface area (Å²) in [5.41, 5.74) is -0.0841. The highest BCUT2D eigenvalue weighted by molar-refractivity contribution is 7.93. The molecule has 1 aliphatic rings. The SMILES string of the molecule is CCOc1ncc(C)cc1S(=O)(=O)N1C[C@H](CCC(=O)O)Oc2ccc(/C=C/c3c(Cl)cccc3C(F)(F)F)cc21. The molecule has 41 heavy (non-hydrogen) atoms. The molecule has 0 bridgehead atoms. The molecule has 2 aromatic carbocycles. The number of aryl methyl sites for hydroxylation is 1. The first-order valence-corrected chi connectivity index (χ1v) is 14.3. The molecule has 3 aromatic rings. The zero-order valence-electron chi connectivity index (χ0n) is 22.0. The number of hydrogen-bond donors (Lipinski definition) is 1. The van der Waals surface area contributed by atoms with E-state index in [1.807, 2.05) is 0 Å². The van der Waals surface area contributed by atoms with Crippen molar-refractivity contribution in [2.75, 3.05) is 17.5 Å². The van der Waals surface area contributed by atoms with Gasteiger partial charge in [0.25, 0.3) is 10.0 Å². The van der Waals surface area contributed by atoms with E-state index < -0.39 is 33.8 Å². The van der Waals surface area contributed by atoms with Crippen molar-refractivity contribution in [3.8, 4) is 11.6 Å². The number of aromatic nitrogens is 1. The average molecular weight is 611 g/mol. The van der Waals surface area contributed by atoms with E-state index in [1.54, 1.807) is 19.9 Å². The summed E-state index contributed by atoms with van der Waals surface area (Å²) in [7, 11) is -4.31. The number of pyridine rings is 1. The molecule has 0 saturated heterocycles. The van der Waals surface area contributed by atoms with E-state index in [0.29, 0.717) is 11.1 Å². The van der Waals surface area contributed by atoms with Gasteiger partial charge in [-0.25, -0.2) is 13.4 Å². The van der Waals surface area contributed by atoms with Crippen LogP contribution in [0.2, 0.25) is 5.02 Å². The number of ether oxygens (including phenoxy) is 2. The fourth-order valence-corrected chi connectivity index (χ4v) is 6.21. The minimum atomic E-state index is -4.63. The van der Waals surface area contributed by atoms with Crippen molar-refractivity contribution in [3.63, 3.8) is 0 Å². The molecule has 1 aliphatic heterocycles. The Hall–Kier alpha value is -3.77. The molecular formula is C28H26ClF3N2O6S. The van der Waals surface area contributed by atoms with Crippen LogP contribution in [0.25, 0.3) is 12.2 Å². The van der Waals surface area contributed by atoms with Crippen molar-refractivity contribution < 1.29 is 41.0 Å². The molecule has 0 spiro atoms. The third-order valence-electron chi connectivity index (χ3n) is 6.20. The molecule has 8 nitrogen and oxygen atoms in total. The molecule has 0 unspecified atom stereocenters. The van der Waals surface area contributed by atoms with Gasteiger partial charge in [0.15, 0.2) is 0 Å².